The van der Waals surface area contributed by atoms with Crippen molar-refractivity contribution in [3.63, 3.8) is 0 Å². The summed E-state index contributed by atoms with van der Waals surface area (Å²) in [5.41, 5.74) is 4.32. The highest BCUT2D eigenvalue weighted by Crippen LogP contribution is 2.39. The Morgan fingerprint density at radius 1 is 1.11 bits per heavy atom. The maximum atomic E-state index is 13.3. The molecule has 4 rings (SSSR count). The number of hydrogen-bond acceptors (Lipinski definition) is 3. The van der Waals surface area contributed by atoms with Crippen molar-refractivity contribution in [3.8, 4) is 0 Å². The van der Waals surface area contributed by atoms with Crippen LogP contribution in [0.4, 0.5) is 11.4 Å². The molecule has 0 aromatic heterocycles. The number of carbonyl (C=O) groups is 1. The van der Waals surface area contributed by atoms with Gasteiger partial charge < -0.3 is 4.90 Å². The van der Waals surface area contributed by atoms with Crippen molar-refractivity contribution in [2.75, 3.05) is 16.2 Å². The third-order valence-electron chi connectivity index (χ3n) is 5.30. The molecule has 1 amide bonds. The Morgan fingerprint density at radius 3 is 2.67 bits per heavy atom. The molecule has 27 heavy (non-hydrogen) atoms. The van der Waals surface area contributed by atoms with Crippen LogP contribution in [0.1, 0.15) is 36.5 Å². The molecule has 2 aromatic carbocycles. The van der Waals surface area contributed by atoms with E-state index in [0.29, 0.717) is 28.8 Å². The first-order valence-corrected chi connectivity index (χ1v) is 11.4. The molecule has 1 heterocycles. The van der Waals surface area contributed by atoms with Gasteiger partial charge >= 0.3 is 0 Å². The third kappa shape index (κ3) is 3.38. The third-order valence-corrected chi connectivity index (χ3v) is 7.14. The van der Waals surface area contributed by atoms with Crippen molar-refractivity contribution in [2.24, 2.45) is 0 Å². The van der Waals surface area contributed by atoms with Gasteiger partial charge in [-0.3, -0.25) is 9.52 Å². The summed E-state index contributed by atoms with van der Waals surface area (Å²) in [6.07, 6.45) is 4.71. The van der Waals surface area contributed by atoms with Gasteiger partial charge in [0.1, 0.15) is 4.90 Å². The Morgan fingerprint density at radius 2 is 1.89 bits per heavy atom. The normalized spacial score (nSPS) is 16.0. The largest absolute Gasteiger partial charge is 0.311 e. The van der Waals surface area contributed by atoms with Gasteiger partial charge in [0.25, 0.3) is 10.0 Å². The number of anilines is 2. The fourth-order valence-electron chi connectivity index (χ4n) is 4.07. The minimum atomic E-state index is -3.83. The average molecular weight is 449 g/mol. The molecule has 0 spiro atoms. The minimum Gasteiger partial charge on any atom is -0.311 e. The van der Waals surface area contributed by atoms with Crippen LogP contribution in [-0.2, 0) is 34.1 Å². The number of carbonyl (C=O) groups excluding carboxylic acids is 1. The van der Waals surface area contributed by atoms with E-state index in [1.165, 1.54) is 12.5 Å². The Labute approximate surface area is 167 Å². The number of fused-ring (bicyclic) bond motifs is 2. The molecule has 0 saturated carbocycles. The lowest BCUT2D eigenvalue weighted by atomic mass is 9.91. The molecular weight excluding hydrogens is 428 g/mol. The van der Waals surface area contributed by atoms with E-state index in [2.05, 4.69) is 26.7 Å². The quantitative estimate of drug-likeness (QED) is 0.770. The van der Waals surface area contributed by atoms with Gasteiger partial charge in [0.05, 0.1) is 11.4 Å². The fourth-order valence-corrected chi connectivity index (χ4v) is 6.09. The van der Waals surface area contributed by atoms with Gasteiger partial charge in [-0.2, -0.15) is 0 Å². The molecular formula is C20H21BrN2O3S. The van der Waals surface area contributed by atoms with E-state index in [-0.39, 0.29) is 10.8 Å². The Hall–Kier alpha value is -1.86. The fraction of sp³-hybridized carbons (Fsp3) is 0.350. The van der Waals surface area contributed by atoms with Crippen LogP contribution in [0.5, 0.6) is 0 Å². The minimum absolute atomic E-state index is 0.146. The van der Waals surface area contributed by atoms with E-state index in [0.717, 1.165) is 36.8 Å². The van der Waals surface area contributed by atoms with E-state index < -0.39 is 10.0 Å². The highest BCUT2D eigenvalue weighted by Gasteiger charge is 2.32. The molecule has 1 N–H and O–H groups in total. The van der Waals surface area contributed by atoms with E-state index in [1.807, 2.05) is 18.2 Å². The molecule has 0 saturated heterocycles. The standard InChI is InChI=1S/C20H21BrN2O3S/c1-13(24)23-10-9-15-11-16(21)12-19(20(15)23)27(25,26)22-18-8-4-6-14-5-2-3-7-17(14)18/h4,6,8,11-12,22H,2-3,5,7,9-10H2,1H3. The van der Waals surface area contributed by atoms with Crippen molar-refractivity contribution in [1.29, 1.82) is 0 Å². The van der Waals surface area contributed by atoms with Crippen LogP contribution in [-0.4, -0.2) is 20.9 Å². The van der Waals surface area contributed by atoms with E-state index >= 15 is 0 Å². The SMILES string of the molecule is CC(=O)N1CCc2cc(Br)cc(S(=O)(=O)Nc3cccc4c3CCCC4)c21. The smallest absolute Gasteiger partial charge is 0.264 e. The lowest BCUT2D eigenvalue weighted by Gasteiger charge is -2.22. The lowest BCUT2D eigenvalue weighted by molar-refractivity contribution is -0.116. The molecule has 0 atom stereocenters. The number of benzene rings is 2. The summed E-state index contributed by atoms with van der Waals surface area (Å²) >= 11 is 3.42. The first-order chi connectivity index (χ1) is 12.9. The van der Waals surface area contributed by atoms with Crippen LogP contribution < -0.4 is 9.62 Å². The van der Waals surface area contributed by atoms with Crippen LogP contribution in [0.15, 0.2) is 39.7 Å². The summed E-state index contributed by atoms with van der Waals surface area (Å²) in [6.45, 7) is 1.97. The Bertz CT molecular complexity index is 1030. The number of rotatable bonds is 3. The van der Waals surface area contributed by atoms with Crippen LogP contribution in [0.2, 0.25) is 0 Å². The summed E-state index contributed by atoms with van der Waals surface area (Å²) in [5, 5.41) is 0. The molecule has 0 fully saturated rings. The van der Waals surface area contributed by atoms with Crippen molar-refractivity contribution in [2.45, 2.75) is 43.9 Å². The number of amides is 1. The maximum Gasteiger partial charge on any atom is 0.264 e. The maximum absolute atomic E-state index is 13.3. The predicted octanol–water partition coefficient (Wildman–Crippen LogP) is 4.04. The second-order valence-electron chi connectivity index (χ2n) is 7.09. The van der Waals surface area contributed by atoms with Gasteiger partial charge in [-0.25, -0.2) is 8.42 Å². The van der Waals surface area contributed by atoms with Crippen LogP contribution in [0, 0.1) is 0 Å². The number of nitrogens with one attached hydrogen (secondary N) is 1. The lowest BCUT2D eigenvalue weighted by Crippen LogP contribution is -2.28. The second-order valence-corrected chi connectivity index (χ2v) is 9.65. The zero-order valence-electron chi connectivity index (χ0n) is 15.1. The summed E-state index contributed by atoms with van der Waals surface area (Å²) in [6, 6.07) is 9.26. The topological polar surface area (TPSA) is 66.5 Å². The number of halogens is 1. The molecule has 142 valence electrons. The number of nitrogens with zero attached hydrogens (tertiary/aromatic N) is 1. The van der Waals surface area contributed by atoms with Gasteiger partial charge in [0.15, 0.2) is 0 Å². The number of hydrogen-bond donors (Lipinski definition) is 1. The highest BCUT2D eigenvalue weighted by atomic mass is 79.9. The van der Waals surface area contributed by atoms with Crippen molar-refractivity contribution >= 4 is 43.2 Å². The molecule has 5 nitrogen and oxygen atoms in total. The molecule has 0 bridgehead atoms. The first-order valence-electron chi connectivity index (χ1n) is 9.11. The van der Waals surface area contributed by atoms with Gasteiger partial charge in [0.2, 0.25) is 5.91 Å². The van der Waals surface area contributed by atoms with E-state index in [1.54, 1.807) is 11.0 Å². The highest BCUT2D eigenvalue weighted by molar-refractivity contribution is 9.10. The number of sulfonamides is 1. The van der Waals surface area contributed by atoms with Gasteiger partial charge in [-0.15, -0.1) is 0 Å². The van der Waals surface area contributed by atoms with Gasteiger partial charge in [-0.1, -0.05) is 28.1 Å². The monoisotopic (exact) mass is 448 g/mol. The van der Waals surface area contributed by atoms with Gasteiger partial charge in [-0.05, 0) is 67.0 Å². The predicted molar refractivity (Wildman–Crippen MR) is 110 cm³/mol. The number of aryl methyl sites for hydroxylation is 1. The van der Waals surface area contributed by atoms with Crippen molar-refractivity contribution in [1.82, 2.24) is 0 Å². The Kier molecular flexibility index (Phi) is 4.76. The molecule has 1 aliphatic carbocycles. The van der Waals surface area contributed by atoms with Crippen LogP contribution in [0.3, 0.4) is 0 Å². The molecule has 1 aliphatic heterocycles. The van der Waals surface area contributed by atoms with E-state index in [9.17, 15) is 13.2 Å². The van der Waals surface area contributed by atoms with Crippen LogP contribution in [0.25, 0.3) is 0 Å². The van der Waals surface area contributed by atoms with Crippen LogP contribution >= 0.6 is 15.9 Å². The summed E-state index contributed by atoms with van der Waals surface area (Å²) < 4.78 is 30.1. The average Bonchev–Trinajstić information content (AvgIpc) is 3.05. The van der Waals surface area contributed by atoms with E-state index in [4.69, 9.17) is 0 Å². The Balaban J connectivity index is 1.79. The summed E-state index contributed by atoms with van der Waals surface area (Å²) in [5.74, 6) is -0.149. The summed E-state index contributed by atoms with van der Waals surface area (Å²) in [7, 11) is -3.83. The summed E-state index contributed by atoms with van der Waals surface area (Å²) in [4.78, 5) is 13.7. The van der Waals surface area contributed by atoms with Crippen molar-refractivity contribution < 1.29 is 13.2 Å². The molecule has 7 heteroatoms. The molecule has 2 aromatic rings. The first kappa shape index (κ1) is 18.5. The van der Waals surface area contributed by atoms with Crippen molar-refractivity contribution in [3.05, 3.63) is 51.5 Å². The zero-order chi connectivity index (χ0) is 19.2. The molecule has 0 radical (unpaired) electrons. The molecule has 2 aliphatic rings. The second kappa shape index (κ2) is 6.95. The molecule has 0 unspecified atom stereocenters. The van der Waals surface area contributed by atoms with Gasteiger partial charge in [0, 0.05) is 17.9 Å². The zero-order valence-corrected chi connectivity index (χ0v) is 17.5.